The molecule has 1 fully saturated rings. The van der Waals surface area contributed by atoms with Crippen LogP contribution in [-0.2, 0) is 6.54 Å². The predicted molar refractivity (Wildman–Crippen MR) is 145 cm³/mol. The lowest BCUT2D eigenvalue weighted by molar-refractivity contribution is 0.246. The Morgan fingerprint density at radius 3 is 2.39 bits per heavy atom. The van der Waals surface area contributed by atoms with Crippen LogP contribution >= 0.6 is 11.6 Å². The smallest absolute Gasteiger partial charge is 0.344 e. The average Bonchev–Trinajstić information content (AvgIpc) is 2.91. The fourth-order valence-corrected chi connectivity index (χ4v) is 5.15. The van der Waals surface area contributed by atoms with Crippen LogP contribution in [0, 0.1) is 5.82 Å². The van der Waals surface area contributed by atoms with E-state index < -0.39 is 11.3 Å². The standard InChI is InChI=1S/C29H22ClFN2O5/c30-18-1-8-26-17(13-18)14-23(29(36)37-26)22-15-27(35)38-28-21(22)6-7-25(34)24(28)16-32-9-11-33(12-10-32)20-4-2-19(31)3-5-20/h1-8,13-15,34H,9-12,16H2. The van der Waals surface area contributed by atoms with Crippen LogP contribution in [0.15, 0.2) is 85.2 Å². The van der Waals surface area contributed by atoms with E-state index in [1.807, 2.05) is 0 Å². The molecule has 9 heteroatoms. The summed E-state index contributed by atoms with van der Waals surface area (Å²) in [6, 6.07) is 17.4. The van der Waals surface area contributed by atoms with Crippen molar-refractivity contribution >= 4 is 39.2 Å². The van der Waals surface area contributed by atoms with Gasteiger partial charge in [0.1, 0.15) is 22.7 Å². The molecule has 1 aliphatic heterocycles. The summed E-state index contributed by atoms with van der Waals surface area (Å²) in [4.78, 5) is 29.8. The van der Waals surface area contributed by atoms with Crippen molar-refractivity contribution in [3.05, 3.63) is 104 Å². The largest absolute Gasteiger partial charge is 0.507 e. The summed E-state index contributed by atoms with van der Waals surface area (Å²) in [7, 11) is 0. The molecule has 0 bridgehead atoms. The molecule has 0 spiro atoms. The van der Waals surface area contributed by atoms with Crippen LogP contribution in [0.5, 0.6) is 5.75 Å². The molecule has 0 atom stereocenters. The molecule has 1 saturated heterocycles. The molecule has 0 radical (unpaired) electrons. The molecular weight excluding hydrogens is 511 g/mol. The van der Waals surface area contributed by atoms with Crippen molar-refractivity contribution in [1.29, 1.82) is 0 Å². The first kappa shape index (κ1) is 24.2. The highest BCUT2D eigenvalue weighted by molar-refractivity contribution is 6.31. The Kier molecular flexibility index (Phi) is 6.13. The summed E-state index contributed by atoms with van der Waals surface area (Å²) in [5.41, 5.74) is 1.32. The zero-order valence-electron chi connectivity index (χ0n) is 20.1. The molecule has 0 unspecified atom stereocenters. The van der Waals surface area contributed by atoms with E-state index in [9.17, 15) is 19.1 Å². The topological polar surface area (TPSA) is 87.1 Å². The summed E-state index contributed by atoms with van der Waals surface area (Å²) in [6.07, 6.45) is 0. The maximum atomic E-state index is 13.3. The van der Waals surface area contributed by atoms with Crippen LogP contribution in [0.3, 0.4) is 0 Å². The molecule has 0 saturated carbocycles. The predicted octanol–water partition coefficient (Wildman–Crippen LogP) is 5.39. The summed E-state index contributed by atoms with van der Waals surface area (Å²) in [6.45, 7) is 3.15. The maximum absolute atomic E-state index is 13.3. The summed E-state index contributed by atoms with van der Waals surface area (Å²) in [5, 5.41) is 12.4. The Morgan fingerprint density at radius 2 is 1.63 bits per heavy atom. The van der Waals surface area contributed by atoms with Crippen LogP contribution < -0.4 is 16.2 Å². The molecule has 0 amide bonds. The van der Waals surface area contributed by atoms with Crippen molar-refractivity contribution in [3.63, 3.8) is 0 Å². The molecule has 7 nitrogen and oxygen atoms in total. The number of aromatic hydroxyl groups is 1. The number of anilines is 1. The molecule has 2 aromatic heterocycles. The third-order valence-electron chi connectivity index (χ3n) is 6.92. The van der Waals surface area contributed by atoms with Gasteiger partial charge in [-0.3, -0.25) is 4.90 Å². The third-order valence-corrected chi connectivity index (χ3v) is 7.16. The second-order valence-corrected chi connectivity index (χ2v) is 9.72. The monoisotopic (exact) mass is 532 g/mol. The fourth-order valence-electron chi connectivity index (χ4n) is 4.97. The summed E-state index contributed by atoms with van der Waals surface area (Å²) >= 11 is 6.12. The number of phenolic OH excluding ortho intramolecular Hbond substituents is 1. The van der Waals surface area contributed by atoms with E-state index in [1.165, 1.54) is 24.3 Å². The van der Waals surface area contributed by atoms with Gasteiger partial charge < -0.3 is 18.8 Å². The Hall–Kier alpha value is -4.14. The minimum atomic E-state index is -0.647. The fraction of sp³-hybridized carbons (Fsp3) is 0.172. The van der Waals surface area contributed by atoms with Gasteiger partial charge in [-0.2, -0.15) is 0 Å². The highest BCUT2D eigenvalue weighted by Crippen LogP contribution is 2.34. The van der Waals surface area contributed by atoms with Crippen molar-refractivity contribution in [3.8, 4) is 16.9 Å². The van der Waals surface area contributed by atoms with Gasteiger partial charge in [0.15, 0.2) is 0 Å². The van der Waals surface area contributed by atoms with Gasteiger partial charge in [0, 0.05) is 65.8 Å². The minimum Gasteiger partial charge on any atom is -0.507 e. The molecule has 6 rings (SSSR count). The lowest BCUT2D eigenvalue weighted by Crippen LogP contribution is -2.46. The number of fused-ring (bicyclic) bond motifs is 2. The van der Waals surface area contributed by atoms with E-state index in [0.717, 1.165) is 5.69 Å². The Bertz CT molecular complexity index is 1790. The van der Waals surface area contributed by atoms with Crippen LogP contribution in [0.2, 0.25) is 5.02 Å². The van der Waals surface area contributed by atoms with Gasteiger partial charge in [-0.05, 0) is 60.7 Å². The van der Waals surface area contributed by atoms with Gasteiger partial charge in [0.25, 0.3) is 0 Å². The van der Waals surface area contributed by atoms with Crippen LogP contribution in [-0.4, -0.2) is 36.2 Å². The summed E-state index contributed by atoms with van der Waals surface area (Å²) < 4.78 is 24.4. The van der Waals surface area contributed by atoms with Crippen LogP contribution in [0.4, 0.5) is 10.1 Å². The molecule has 1 aliphatic rings. The Labute approximate surface area is 220 Å². The molecule has 192 valence electrons. The van der Waals surface area contributed by atoms with Gasteiger partial charge in [-0.15, -0.1) is 0 Å². The number of piperazine rings is 1. The molecule has 5 aromatic rings. The van der Waals surface area contributed by atoms with Crippen molar-refractivity contribution in [2.24, 2.45) is 0 Å². The molecule has 38 heavy (non-hydrogen) atoms. The lowest BCUT2D eigenvalue weighted by atomic mass is 9.99. The maximum Gasteiger partial charge on any atom is 0.344 e. The molecule has 1 N–H and O–H groups in total. The van der Waals surface area contributed by atoms with Crippen LogP contribution in [0.25, 0.3) is 33.1 Å². The molecule has 0 aliphatic carbocycles. The third kappa shape index (κ3) is 4.53. The highest BCUT2D eigenvalue weighted by atomic mass is 35.5. The number of nitrogens with zero attached hydrogens (tertiary/aromatic N) is 2. The van der Waals surface area contributed by atoms with E-state index in [4.69, 9.17) is 20.4 Å². The molecular formula is C29H22ClFN2O5. The van der Waals surface area contributed by atoms with Crippen molar-refractivity contribution in [2.75, 3.05) is 31.1 Å². The second kappa shape index (κ2) is 9.63. The number of hydrogen-bond acceptors (Lipinski definition) is 7. The van der Waals surface area contributed by atoms with E-state index in [1.54, 1.807) is 42.5 Å². The Balaban J connectivity index is 1.35. The second-order valence-electron chi connectivity index (χ2n) is 9.29. The Morgan fingerprint density at radius 1 is 0.868 bits per heavy atom. The van der Waals surface area contributed by atoms with Crippen LogP contribution in [0.1, 0.15) is 5.56 Å². The van der Waals surface area contributed by atoms with Gasteiger partial charge in [0.2, 0.25) is 0 Å². The zero-order chi connectivity index (χ0) is 26.4. The van der Waals surface area contributed by atoms with E-state index in [0.29, 0.717) is 65.2 Å². The van der Waals surface area contributed by atoms with Gasteiger partial charge in [0.05, 0.1) is 11.1 Å². The molecule has 3 aromatic carbocycles. The lowest BCUT2D eigenvalue weighted by Gasteiger charge is -2.36. The van der Waals surface area contributed by atoms with E-state index >= 15 is 0 Å². The van der Waals surface area contributed by atoms with Crippen molar-refractivity contribution < 1.29 is 18.3 Å². The number of phenols is 1. The number of halogens is 2. The average molecular weight is 533 g/mol. The SMILES string of the molecule is O=c1cc(-c2cc3cc(Cl)ccc3oc2=O)c2ccc(O)c(CN3CCN(c4ccc(F)cc4)CC3)c2o1. The normalized spacial score (nSPS) is 14.4. The van der Waals surface area contributed by atoms with Gasteiger partial charge in [-0.1, -0.05) is 11.6 Å². The first-order valence-corrected chi connectivity index (χ1v) is 12.5. The summed E-state index contributed by atoms with van der Waals surface area (Å²) in [5.74, 6) is -0.277. The first-order valence-electron chi connectivity index (χ1n) is 12.1. The number of rotatable bonds is 4. The molecule has 3 heterocycles. The highest BCUT2D eigenvalue weighted by Gasteiger charge is 2.22. The van der Waals surface area contributed by atoms with Gasteiger partial charge in [-0.25, -0.2) is 14.0 Å². The quantitative estimate of drug-likeness (QED) is 0.311. The zero-order valence-corrected chi connectivity index (χ0v) is 20.9. The van der Waals surface area contributed by atoms with Crippen molar-refractivity contribution in [2.45, 2.75) is 6.54 Å². The number of hydrogen-bond donors (Lipinski definition) is 1. The van der Waals surface area contributed by atoms with Crippen molar-refractivity contribution in [1.82, 2.24) is 4.90 Å². The van der Waals surface area contributed by atoms with E-state index in [2.05, 4.69) is 9.80 Å². The van der Waals surface area contributed by atoms with E-state index in [-0.39, 0.29) is 22.7 Å². The van der Waals surface area contributed by atoms with Gasteiger partial charge >= 0.3 is 11.3 Å². The first-order chi connectivity index (χ1) is 18.4. The minimum absolute atomic E-state index is 0.00362. The number of benzene rings is 3.